The van der Waals surface area contributed by atoms with E-state index in [1.54, 1.807) is 0 Å². The van der Waals surface area contributed by atoms with Crippen LogP contribution in [-0.4, -0.2) is 32.6 Å². The van der Waals surface area contributed by atoms with Crippen molar-refractivity contribution in [3.8, 4) is 0 Å². The number of nitrogens with one attached hydrogen (secondary N) is 1. The maximum absolute atomic E-state index is 12.5. The first-order chi connectivity index (χ1) is 10.3. The fraction of sp³-hybridized carbons (Fsp3) is 0.235. The number of hydrogen-bond donors (Lipinski definition) is 1. The molecule has 0 fully saturated rings. The molecule has 1 amide bonds. The van der Waals surface area contributed by atoms with Gasteiger partial charge in [0.2, 0.25) is 5.91 Å². The Morgan fingerprint density at radius 2 is 1.67 bits per heavy atom. The van der Waals surface area contributed by atoms with E-state index in [0.717, 1.165) is 30.2 Å². The van der Waals surface area contributed by atoms with Crippen LogP contribution in [0.3, 0.4) is 0 Å². The Morgan fingerprint density at radius 3 is 2.43 bits per heavy atom. The lowest BCUT2D eigenvalue weighted by molar-refractivity contribution is -0.117. The molecule has 21 heavy (non-hydrogen) atoms. The van der Waals surface area contributed by atoms with Crippen molar-refractivity contribution in [3.63, 3.8) is 0 Å². The van der Waals surface area contributed by atoms with E-state index in [1.807, 2.05) is 53.4 Å². The van der Waals surface area contributed by atoms with Crippen molar-refractivity contribution in [1.29, 1.82) is 0 Å². The smallest absolute Gasteiger partial charge is 0.246 e. The first-order valence-corrected chi connectivity index (χ1v) is 7.15. The summed E-state index contributed by atoms with van der Waals surface area (Å²) in [7, 11) is 2.06. The normalized spacial score (nSPS) is 13.8. The fourth-order valence-corrected chi connectivity index (χ4v) is 2.59. The van der Waals surface area contributed by atoms with Gasteiger partial charge in [-0.25, -0.2) is 0 Å². The Bertz CT molecular complexity index is 627. The number of carbonyl (C=O) groups excluding carboxylic acids is 1. The van der Waals surface area contributed by atoms with Gasteiger partial charge in [0.25, 0.3) is 0 Å². The monoisotopic (exact) mass is 281 g/mol. The molecule has 0 aromatic heterocycles. The molecule has 1 N–H and O–H groups in total. The van der Waals surface area contributed by atoms with E-state index in [-0.39, 0.29) is 5.91 Å². The number of carbonyl (C=O) groups is 1. The molecule has 108 valence electrons. The Balaban J connectivity index is 1.72. The van der Waals surface area contributed by atoms with Gasteiger partial charge in [-0.1, -0.05) is 30.3 Å². The summed E-state index contributed by atoms with van der Waals surface area (Å²) in [6.45, 7) is 1.89. The first kappa shape index (κ1) is 13.5. The van der Waals surface area contributed by atoms with Gasteiger partial charge in [0.15, 0.2) is 0 Å². The maximum atomic E-state index is 12.5. The predicted molar refractivity (Wildman–Crippen MR) is 87.0 cm³/mol. The van der Waals surface area contributed by atoms with Crippen LogP contribution >= 0.6 is 0 Å². The average molecular weight is 281 g/mol. The molecule has 0 spiro atoms. The summed E-state index contributed by atoms with van der Waals surface area (Å²) in [5.41, 5.74) is 3.07. The molecular weight excluding hydrogens is 262 g/mol. The van der Waals surface area contributed by atoms with Crippen LogP contribution in [0.2, 0.25) is 0 Å². The Kier molecular flexibility index (Phi) is 3.77. The van der Waals surface area contributed by atoms with Gasteiger partial charge in [0.1, 0.15) is 0 Å². The van der Waals surface area contributed by atoms with Crippen LogP contribution in [0.25, 0.3) is 0 Å². The van der Waals surface area contributed by atoms with Gasteiger partial charge in [-0.2, -0.15) is 0 Å². The summed E-state index contributed by atoms with van der Waals surface area (Å²) in [5.74, 6) is 0.0967. The number of nitrogens with zero attached hydrogens (tertiary/aromatic N) is 2. The average Bonchev–Trinajstić information content (AvgIpc) is 2.54. The van der Waals surface area contributed by atoms with E-state index < -0.39 is 0 Å². The second kappa shape index (κ2) is 5.87. The zero-order valence-electron chi connectivity index (χ0n) is 12.1. The second-order valence-corrected chi connectivity index (χ2v) is 5.18. The summed E-state index contributed by atoms with van der Waals surface area (Å²) in [6, 6.07) is 17.8. The highest BCUT2D eigenvalue weighted by Crippen LogP contribution is 2.31. The van der Waals surface area contributed by atoms with Crippen molar-refractivity contribution in [2.45, 2.75) is 0 Å². The number of amides is 1. The minimum atomic E-state index is 0.0967. The van der Waals surface area contributed by atoms with Gasteiger partial charge in [0, 0.05) is 25.8 Å². The number of rotatable bonds is 3. The van der Waals surface area contributed by atoms with Crippen molar-refractivity contribution in [3.05, 3.63) is 54.6 Å². The van der Waals surface area contributed by atoms with Crippen molar-refractivity contribution in [2.75, 3.05) is 41.8 Å². The van der Waals surface area contributed by atoms with Gasteiger partial charge in [-0.05, 0) is 24.3 Å². The standard InChI is InChI=1S/C17H19N3O/c1-19-11-12-20(16-10-6-5-9-15(16)19)17(21)13-18-14-7-3-2-4-8-14/h2-10,18H,11-13H2,1H3. The van der Waals surface area contributed by atoms with E-state index >= 15 is 0 Å². The molecule has 0 aliphatic carbocycles. The quantitative estimate of drug-likeness (QED) is 0.939. The number of fused-ring (bicyclic) bond motifs is 1. The van der Waals surface area contributed by atoms with Crippen molar-refractivity contribution in [2.24, 2.45) is 0 Å². The van der Waals surface area contributed by atoms with E-state index in [2.05, 4.69) is 23.3 Å². The predicted octanol–water partition coefficient (Wildman–Crippen LogP) is 2.58. The molecule has 0 saturated carbocycles. The van der Waals surface area contributed by atoms with E-state index in [1.165, 1.54) is 0 Å². The van der Waals surface area contributed by atoms with E-state index in [9.17, 15) is 4.79 Å². The molecule has 4 nitrogen and oxygen atoms in total. The van der Waals surface area contributed by atoms with Gasteiger partial charge >= 0.3 is 0 Å². The highest BCUT2D eigenvalue weighted by molar-refractivity contribution is 6.00. The van der Waals surface area contributed by atoms with Gasteiger partial charge < -0.3 is 15.1 Å². The summed E-state index contributed by atoms with van der Waals surface area (Å²) in [4.78, 5) is 16.5. The van der Waals surface area contributed by atoms with Gasteiger partial charge in [-0.3, -0.25) is 4.79 Å². The largest absolute Gasteiger partial charge is 0.376 e. The third-order valence-corrected chi connectivity index (χ3v) is 3.76. The van der Waals surface area contributed by atoms with Gasteiger partial charge in [-0.15, -0.1) is 0 Å². The summed E-state index contributed by atoms with van der Waals surface area (Å²) in [5, 5.41) is 3.18. The topological polar surface area (TPSA) is 35.6 Å². The minimum Gasteiger partial charge on any atom is -0.376 e. The highest BCUT2D eigenvalue weighted by Gasteiger charge is 2.24. The zero-order valence-corrected chi connectivity index (χ0v) is 12.1. The molecule has 4 heteroatoms. The summed E-state index contributed by atoms with van der Waals surface area (Å²) >= 11 is 0. The summed E-state index contributed by atoms with van der Waals surface area (Å²) in [6.07, 6.45) is 0. The van der Waals surface area contributed by atoms with E-state index in [0.29, 0.717) is 6.54 Å². The van der Waals surface area contributed by atoms with Crippen molar-refractivity contribution in [1.82, 2.24) is 0 Å². The molecule has 2 aromatic carbocycles. The minimum absolute atomic E-state index is 0.0967. The number of para-hydroxylation sites is 3. The second-order valence-electron chi connectivity index (χ2n) is 5.18. The van der Waals surface area contributed by atoms with Crippen molar-refractivity contribution < 1.29 is 4.79 Å². The summed E-state index contributed by atoms with van der Waals surface area (Å²) < 4.78 is 0. The lowest BCUT2D eigenvalue weighted by atomic mass is 10.1. The molecular formula is C17H19N3O. The molecule has 0 atom stereocenters. The molecule has 0 unspecified atom stereocenters. The molecule has 0 saturated heterocycles. The third-order valence-electron chi connectivity index (χ3n) is 3.76. The lowest BCUT2D eigenvalue weighted by Gasteiger charge is -2.35. The lowest BCUT2D eigenvalue weighted by Crippen LogP contribution is -2.44. The SMILES string of the molecule is CN1CCN(C(=O)CNc2ccccc2)c2ccccc21. The van der Waals surface area contributed by atoms with E-state index in [4.69, 9.17) is 0 Å². The Labute approximate surface area is 125 Å². The van der Waals surface area contributed by atoms with Crippen LogP contribution < -0.4 is 15.1 Å². The van der Waals surface area contributed by atoms with Crippen LogP contribution in [-0.2, 0) is 4.79 Å². The van der Waals surface area contributed by atoms with Crippen LogP contribution in [0, 0.1) is 0 Å². The number of likely N-dealkylation sites (N-methyl/N-ethyl adjacent to an activating group) is 1. The number of anilines is 3. The number of benzene rings is 2. The molecule has 1 heterocycles. The molecule has 1 aliphatic rings. The maximum Gasteiger partial charge on any atom is 0.246 e. The Hall–Kier alpha value is -2.49. The highest BCUT2D eigenvalue weighted by atomic mass is 16.2. The third kappa shape index (κ3) is 2.84. The van der Waals surface area contributed by atoms with Crippen LogP contribution in [0.1, 0.15) is 0 Å². The fourth-order valence-electron chi connectivity index (χ4n) is 2.59. The zero-order chi connectivity index (χ0) is 14.7. The molecule has 0 bridgehead atoms. The molecule has 1 aliphatic heterocycles. The molecule has 2 aromatic rings. The molecule has 0 radical (unpaired) electrons. The van der Waals surface area contributed by atoms with Crippen LogP contribution in [0.15, 0.2) is 54.6 Å². The van der Waals surface area contributed by atoms with Crippen LogP contribution in [0.4, 0.5) is 17.1 Å². The molecule has 3 rings (SSSR count). The van der Waals surface area contributed by atoms with Gasteiger partial charge in [0.05, 0.1) is 17.9 Å². The Morgan fingerprint density at radius 1 is 1.00 bits per heavy atom. The number of hydrogen-bond acceptors (Lipinski definition) is 3. The first-order valence-electron chi connectivity index (χ1n) is 7.15. The van der Waals surface area contributed by atoms with Crippen molar-refractivity contribution >= 4 is 23.0 Å². The van der Waals surface area contributed by atoms with Crippen LogP contribution in [0.5, 0.6) is 0 Å².